The molecule has 12 heteroatoms. The average Bonchev–Trinajstić information content (AvgIpc) is 2.74. The molecule has 1 heterocycles. The Morgan fingerprint density at radius 2 is 1.79 bits per heavy atom. The Labute approximate surface area is 195 Å². The lowest BCUT2D eigenvalue weighted by molar-refractivity contribution is -0.136. The highest BCUT2D eigenvalue weighted by Crippen LogP contribution is 2.23. The maximum Gasteiger partial charge on any atom is 0.280 e. The normalized spacial score (nSPS) is 11.4. The van der Waals surface area contributed by atoms with Crippen molar-refractivity contribution in [3.63, 3.8) is 0 Å². The van der Waals surface area contributed by atoms with Gasteiger partial charge in [-0.05, 0) is 43.7 Å². The minimum atomic E-state index is -1.68. The van der Waals surface area contributed by atoms with E-state index in [-0.39, 0.29) is 17.7 Å². The Hall–Kier alpha value is -3.44. The third kappa shape index (κ3) is 5.54. The molecule has 0 fully saturated rings. The van der Waals surface area contributed by atoms with E-state index in [2.05, 4.69) is 10.3 Å². The van der Waals surface area contributed by atoms with E-state index in [9.17, 15) is 32.3 Å². The van der Waals surface area contributed by atoms with Crippen molar-refractivity contribution < 1.29 is 32.2 Å². The molecule has 0 atom stereocenters. The van der Waals surface area contributed by atoms with Gasteiger partial charge in [-0.15, -0.1) is 0 Å². The van der Waals surface area contributed by atoms with E-state index in [0.29, 0.717) is 10.6 Å². The van der Waals surface area contributed by atoms with Crippen molar-refractivity contribution >= 4 is 17.5 Å². The molecule has 34 heavy (non-hydrogen) atoms. The van der Waals surface area contributed by atoms with E-state index in [1.165, 1.54) is 13.8 Å². The van der Waals surface area contributed by atoms with Crippen molar-refractivity contribution in [2.75, 3.05) is 0 Å². The van der Waals surface area contributed by atoms with Gasteiger partial charge in [0.05, 0.1) is 0 Å². The fourth-order valence-corrected chi connectivity index (χ4v) is 3.00. The Bertz CT molecular complexity index is 1290. The molecule has 0 radical (unpaired) electrons. The first kappa shape index (κ1) is 25.2. The van der Waals surface area contributed by atoms with Gasteiger partial charge in [0.15, 0.2) is 16.7 Å². The number of carbonyl (C=O) groups is 1. The summed E-state index contributed by atoms with van der Waals surface area (Å²) in [6, 6.07) is 4.59. The predicted octanol–water partition coefficient (Wildman–Crippen LogP) is 3.41. The van der Waals surface area contributed by atoms with E-state index in [1.807, 2.05) is 0 Å². The molecule has 0 saturated carbocycles. The molecule has 3 aromatic rings. The number of hydrogen-bond donors (Lipinski definition) is 2. The summed E-state index contributed by atoms with van der Waals surface area (Å²) in [6.07, 6.45) is 0.780. The molecule has 2 N–H and O–H groups in total. The first-order valence-electron chi connectivity index (χ1n) is 9.71. The van der Waals surface area contributed by atoms with Crippen molar-refractivity contribution in [2.45, 2.75) is 32.6 Å². The summed E-state index contributed by atoms with van der Waals surface area (Å²) in [7, 11) is 0. The van der Waals surface area contributed by atoms with Gasteiger partial charge in [-0.2, -0.15) is 0 Å². The van der Waals surface area contributed by atoms with Crippen LogP contribution in [-0.4, -0.2) is 26.2 Å². The molecule has 1 amide bonds. The lowest BCUT2D eigenvalue weighted by Gasteiger charge is -2.17. The molecule has 0 aliphatic rings. The Balaban J connectivity index is 1.84. The van der Waals surface area contributed by atoms with E-state index in [4.69, 9.17) is 16.3 Å². The second-order valence-corrected chi connectivity index (χ2v) is 8.09. The molecule has 0 aliphatic heterocycles. The summed E-state index contributed by atoms with van der Waals surface area (Å²) in [4.78, 5) is 28.1. The molecule has 7 nitrogen and oxygen atoms in total. The van der Waals surface area contributed by atoms with Crippen LogP contribution in [0, 0.1) is 23.3 Å². The molecule has 3 rings (SSSR count). The van der Waals surface area contributed by atoms with Crippen LogP contribution in [0.5, 0.6) is 5.88 Å². The lowest BCUT2D eigenvalue weighted by atomic mass is 10.1. The number of amides is 1. The van der Waals surface area contributed by atoms with Gasteiger partial charge >= 0.3 is 0 Å². The quantitative estimate of drug-likeness (QED) is 0.486. The number of halogens is 5. The largest absolute Gasteiger partial charge is 0.471 e. The van der Waals surface area contributed by atoms with Gasteiger partial charge in [0.25, 0.3) is 11.5 Å². The van der Waals surface area contributed by atoms with E-state index in [1.54, 1.807) is 0 Å². The van der Waals surface area contributed by atoms with E-state index < -0.39 is 63.5 Å². The number of benzene rings is 2. The summed E-state index contributed by atoms with van der Waals surface area (Å²) in [5, 5.41) is 11.3. The van der Waals surface area contributed by atoms with Gasteiger partial charge in [-0.3, -0.25) is 14.2 Å². The van der Waals surface area contributed by atoms with Crippen LogP contribution in [0.1, 0.15) is 25.0 Å². The third-order valence-corrected chi connectivity index (χ3v) is 4.91. The molecule has 180 valence electrons. The molecule has 2 aromatic carbocycles. The average molecular weight is 500 g/mol. The fraction of sp³-hybridized carbons (Fsp3) is 0.227. The minimum absolute atomic E-state index is 0.0322. The number of hydrogen-bond acceptors (Lipinski definition) is 5. The Morgan fingerprint density at radius 1 is 1.15 bits per heavy atom. The fourth-order valence-electron chi connectivity index (χ4n) is 2.81. The third-order valence-electron chi connectivity index (χ3n) is 4.59. The van der Waals surface area contributed by atoms with Crippen LogP contribution in [0.2, 0.25) is 5.02 Å². The maximum absolute atomic E-state index is 14.7. The number of aromatic nitrogens is 2. The summed E-state index contributed by atoms with van der Waals surface area (Å²) in [5.41, 5.74) is -3.52. The zero-order chi connectivity index (χ0) is 25.2. The number of rotatable bonds is 7. The van der Waals surface area contributed by atoms with Gasteiger partial charge in [-0.25, -0.2) is 22.5 Å². The van der Waals surface area contributed by atoms with Gasteiger partial charge < -0.3 is 15.2 Å². The van der Waals surface area contributed by atoms with Crippen molar-refractivity contribution in [1.82, 2.24) is 14.9 Å². The zero-order valence-corrected chi connectivity index (χ0v) is 18.6. The molecule has 0 bridgehead atoms. The highest BCUT2D eigenvalue weighted by Gasteiger charge is 2.24. The smallest absolute Gasteiger partial charge is 0.280 e. The van der Waals surface area contributed by atoms with Crippen molar-refractivity contribution in [2.24, 2.45) is 0 Å². The van der Waals surface area contributed by atoms with Crippen molar-refractivity contribution in [3.8, 4) is 11.6 Å². The first-order valence-corrected chi connectivity index (χ1v) is 10.1. The first-order chi connectivity index (χ1) is 15.9. The monoisotopic (exact) mass is 499 g/mol. The van der Waals surface area contributed by atoms with Crippen LogP contribution in [0.4, 0.5) is 17.6 Å². The zero-order valence-electron chi connectivity index (χ0n) is 17.8. The van der Waals surface area contributed by atoms with E-state index >= 15 is 0 Å². The maximum atomic E-state index is 14.7. The SMILES string of the molecule is CC(C)(O)C(=O)NCc1cc(F)c(-n2cnc(OCc3ccc(F)cc3F)c(Cl)c2=O)c(F)c1. The highest BCUT2D eigenvalue weighted by atomic mass is 35.5. The van der Waals surface area contributed by atoms with Crippen LogP contribution >= 0.6 is 11.6 Å². The number of carbonyl (C=O) groups excluding carboxylic acids is 1. The van der Waals surface area contributed by atoms with Crippen LogP contribution in [0.3, 0.4) is 0 Å². The molecule has 0 spiro atoms. The summed E-state index contributed by atoms with van der Waals surface area (Å²) < 4.78 is 61.8. The van der Waals surface area contributed by atoms with E-state index in [0.717, 1.165) is 30.6 Å². The summed E-state index contributed by atoms with van der Waals surface area (Å²) >= 11 is 5.95. The topological polar surface area (TPSA) is 93.5 Å². The van der Waals surface area contributed by atoms with Crippen molar-refractivity contribution in [1.29, 1.82) is 0 Å². The van der Waals surface area contributed by atoms with Gasteiger partial charge in [0, 0.05) is 18.2 Å². The second-order valence-electron chi connectivity index (χ2n) is 7.71. The Kier molecular flexibility index (Phi) is 7.27. The molecular weight excluding hydrogens is 482 g/mol. The van der Waals surface area contributed by atoms with Crippen molar-refractivity contribution in [3.05, 3.63) is 86.4 Å². The Morgan fingerprint density at radius 3 is 2.38 bits per heavy atom. The van der Waals surface area contributed by atoms with Crippen LogP contribution in [0.15, 0.2) is 41.5 Å². The lowest BCUT2D eigenvalue weighted by Crippen LogP contribution is -2.41. The molecule has 0 saturated heterocycles. The van der Waals surface area contributed by atoms with Gasteiger partial charge in [0.1, 0.15) is 35.9 Å². The highest BCUT2D eigenvalue weighted by molar-refractivity contribution is 6.31. The van der Waals surface area contributed by atoms with Gasteiger partial charge in [0.2, 0.25) is 5.88 Å². The number of ether oxygens (including phenoxy) is 1. The van der Waals surface area contributed by atoms with Crippen LogP contribution in [0.25, 0.3) is 5.69 Å². The predicted molar refractivity (Wildman–Crippen MR) is 114 cm³/mol. The standard InChI is InChI=1S/C22H18ClF4N3O4/c1-22(2,33)21(32)28-8-11-5-15(26)18(16(27)6-11)30-10-29-19(17(23)20(30)31)34-9-12-3-4-13(24)7-14(12)25/h3-7,10,33H,8-9H2,1-2H3,(H,28,32). The van der Waals surface area contributed by atoms with Crippen LogP contribution in [-0.2, 0) is 17.9 Å². The number of aliphatic hydroxyl groups is 1. The van der Waals surface area contributed by atoms with Gasteiger partial charge in [-0.1, -0.05) is 11.6 Å². The second kappa shape index (κ2) is 9.82. The van der Waals surface area contributed by atoms with Crippen LogP contribution < -0.4 is 15.6 Å². The summed E-state index contributed by atoms with van der Waals surface area (Å²) in [6.45, 7) is 1.78. The number of nitrogens with one attached hydrogen (secondary N) is 1. The molecule has 0 unspecified atom stereocenters. The molecule has 1 aromatic heterocycles. The molecule has 0 aliphatic carbocycles. The summed E-state index contributed by atoms with van der Waals surface area (Å²) in [5.74, 6) is -5.12. The number of nitrogens with zero attached hydrogens (tertiary/aromatic N) is 2. The molecular formula is C22H18ClF4N3O4. The minimum Gasteiger partial charge on any atom is -0.471 e.